The van der Waals surface area contributed by atoms with E-state index in [2.05, 4.69) is 33.1 Å². The smallest absolute Gasteiger partial charge is 0.255 e. The molecule has 0 bridgehead atoms. The second-order valence-electron chi connectivity index (χ2n) is 6.00. The number of phenolic OH excluding ortho intramolecular Hbond substituents is 1. The zero-order valence-electron chi connectivity index (χ0n) is 13.2. The van der Waals surface area contributed by atoms with Gasteiger partial charge in [-0.1, -0.05) is 28.9 Å². The molecule has 23 heavy (non-hydrogen) atoms. The Morgan fingerprint density at radius 3 is 2.96 bits per heavy atom. The average Bonchev–Trinajstić information content (AvgIpc) is 3.00. The molecule has 0 radical (unpaired) electrons. The Bertz CT molecular complexity index is 732. The third-order valence-electron chi connectivity index (χ3n) is 4.56. The van der Waals surface area contributed by atoms with Gasteiger partial charge >= 0.3 is 0 Å². The van der Waals surface area contributed by atoms with Gasteiger partial charge in [0.15, 0.2) is 0 Å². The van der Waals surface area contributed by atoms with Gasteiger partial charge in [0.1, 0.15) is 5.75 Å². The maximum Gasteiger partial charge on any atom is 0.255 e. The molecule has 0 unspecified atom stereocenters. The van der Waals surface area contributed by atoms with Crippen LogP contribution in [0, 0.1) is 0 Å². The van der Waals surface area contributed by atoms with Crippen LogP contribution in [0.2, 0.25) is 0 Å². The van der Waals surface area contributed by atoms with Crippen LogP contribution in [0.15, 0.2) is 34.8 Å². The standard InChI is InChI=1S/C18H21BrN2O2/c1-2-21-7-3-4-15(21)11-20-18(23)16-9-13-8-14(19)6-5-12(13)10-17(16)22/h5-6,8-10,15,22H,2-4,7,11H2,1H3,(H,20,23)/t15-/m0/s1. The van der Waals surface area contributed by atoms with E-state index < -0.39 is 0 Å². The molecule has 1 fully saturated rings. The van der Waals surface area contributed by atoms with Crippen LogP contribution in [-0.2, 0) is 0 Å². The molecular weight excluding hydrogens is 356 g/mol. The Kier molecular flexibility index (Phi) is 4.87. The van der Waals surface area contributed by atoms with E-state index in [-0.39, 0.29) is 11.7 Å². The first kappa shape index (κ1) is 16.3. The van der Waals surface area contributed by atoms with E-state index in [0.29, 0.717) is 18.2 Å². The number of nitrogens with zero attached hydrogens (tertiary/aromatic N) is 1. The molecule has 2 N–H and O–H groups in total. The fraction of sp³-hybridized carbons (Fsp3) is 0.389. The molecule has 1 heterocycles. The summed E-state index contributed by atoms with van der Waals surface area (Å²) in [6.45, 7) is 4.89. The maximum absolute atomic E-state index is 12.4. The Labute approximate surface area is 144 Å². The van der Waals surface area contributed by atoms with Gasteiger partial charge in [0.25, 0.3) is 5.91 Å². The van der Waals surface area contributed by atoms with Crippen molar-refractivity contribution in [3.63, 3.8) is 0 Å². The Hall–Kier alpha value is -1.59. The SMILES string of the molecule is CCN1CCC[C@H]1CNC(=O)c1cc2cc(Br)ccc2cc1O. The van der Waals surface area contributed by atoms with Crippen LogP contribution >= 0.6 is 15.9 Å². The highest BCUT2D eigenvalue weighted by atomic mass is 79.9. The minimum absolute atomic E-state index is 0.0242. The Balaban J connectivity index is 1.76. The first-order valence-electron chi connectivity index (χ1n) is 8.03. The molecule has 5 heteroatoms. The topological polar surface area (TPSA) is 52.6 Å². The van der Waals surface area contributed by atoms with Gasteiger partial charge in [0, 0.05) is 17.1 Å². The molecule has 1 saturated heterocycles. The van der Waals surface area contributed by atoms with Gasteiger partial charge in [-0.25, -0.2) is 0 Å². The molecule has 1 atom stereocenters. The summed E-state index contributed by atoms with van der Waals surface area (Å²) in [6.07, 6.45) is 2.30. The van der Waals surface area contributed by atoms with Crippen LogP contribution < -0.4 is 5.32 Å². The van der Waals surface area contributed by atoms with Crippen molar-refractivity contribution >= 4 is 32.6 Å². The van der Waals surface area contributed by atoms with Crippen molar-refractivity contribution in [2.24, 2.45) is 0 Å². The van der Waals surface area contributed by atoms with Crippen LogP contribution in [0.3, 0.4) is 0 Å². The van der Waals surface area contributed by atoms with Crippen molar-refractivity contribution in [3.8, 4) is 5.75 Å². The molecule has 2 aromatic rings. The zero-order chi connectivity index (χ0) is 16.4. The minimum Gasteiger partial charge on any atom is -0.507 e. The maximum atomic E-state index is 12.4. The molecule has 3 rings (SSSR count). The fourth-order valence-corrected chi connectivity index (χ4v) is 3.67. The number of carbonyl (C=O) groups excluding carboxylic acids is 1. The third-order valence-corrected chi connectivity index (χ3v) is 5.06. The predicted molar refractivity (Wildman–Crippen MR) is 95.9 cm³/mol. The largest absolute Gasteiger partial charge is 0.507 e. The number of hydrogen-bond acceptors (Lipinski definition) is 3. The molecule has 1 amide bonds. The first-order chi connectivity index (χ1) is 11.1. The third kappa shape index (κ3) is 3.51. The lowest BCUT2D eigenvalue weighted by Gasteiger charge is -2.23. The number of phenols is 1. The van der Waals surface area contributed by atoms with Crippen molar-refractivity contribution in [3.05, 3.63) is 40.4 Å². The summed E-state index contributed by atoms with van der Waals surface area (Å²) in [5.74, 6) is -0.191. The number of nitrogens with one attached hydrogen (secondary N) is 1. The van der Waals surface area contributed by atoms with Crippen molar-refractivity contribution in [1.29, 1.82) is 0 Å². The van der Waals surface area contributed by atoms with Crippen LogP contribution in [0.25, 0.3) is 10.8 Å². The highest BCUT2D eigenvalue weighted by Crippen LogP contribution is 2.27. The monoisotopic (exact) mass is 376 g/mol. The quantitative estimate of drug-likeness (QED) is 0.857. The molecule has 122 valence electrons. The molecule has 4 nitrogen and oxygen atoms in total. The number of likely N-dealkylation sites (tertiary alicyclic amines) is 1. The lowest BCUT2D eigenvalue weighted by molar-refractivity contribution is 0.0939. The van der Waals surface area contributed by atoms with E-state index in [4.69, 9.17) is 0 Å². The number of amides is 1. The molecule has 1 aliphatic rings. The molecule has 2 aromatic carbocycles. The first-order valence-corrected chi connectivity index (χ1v) is 8.82. The normalized spacial score (nSPS) is 18.4. The molecule has 0 aliphatic carbocycles. The minimum atomic E-state index is -0.215. The van der Waals surface area contributed by atoms with E-state index in [0.717, 1.165) is 34.8 Å². The number of likely N-dealkylation sites (N-methyl/N-ethyl adjacent to an activating group) is 1. The van der Waals surface area contributed by atoms with Gasteiger partial charge in [-0.05, 0) is 61.0 Å². The van der Waals surface area contributed by atoms with Crippen LogP contribution in [0.5, 0.6) is 5.75 Å². The molecule has 0 spiro atoms. The van der Waals surface area contributed by atoms with Gasteiger partial charge in [0.2, 0.25) is 0 Å². The van der Waals surface area contributed by atoms with E-state index in [9.17, 15) is 9.90 Å². The van der Waals surface area contributed by atoms with E-state index in [1.165, 1.54) is 6.42 Å². The Morgan fingerprint density at radius 2 is 2.17 bits per heavy atom. The van der Waals surface area contributed by atoms with E-state index >= 15 is 0 Å². The fourth-order valence-electron chi connectivity index (χ4n) is 3.29. The van der Waals surface area contributed by atoms with Crippen molar-refractivity contribution < 1.29 is 9.90 Å². The lowest BCUT2D eigenvalue weighted by Crippen LogP contribution is -2.40. The van der Waals surface area contributed by atoms with Crippen LogP contribution in [-0.4, -0.2) is 41.6 Å². The average molecular weight is 377 g/mol. The van der Waals surface area contributed by atoms with Crippen molar-refractivity contribution in [2.75, 3.05) is 19.6 Å². The number of aromatic hydroxyl groups is 1. The van der Waals surface area contributed by atoms with Crippen LogP contribution in [0.1, 0.15) is 30.1 Å². The predicted octanol–water partition coefficient (Wildman–Crippen LogP) is 3.52. The summed E-state index contributed by atoms with van der Waals surface area (Å²) in [5.41, 5.74) is 0.330. The number of carbonyl (C=O) groups is 1. The van der Waals surface area contributed by atoms with E-state index in [1.54, 1.807) is 12.1 Å². The number of benzene rings is 2. The molecule has 0 saturated carbocycles. The Morgan fingerprint density at radius 1 is 1.35 bits per heavy atom. The summed E-state index contributed by atoms with van der Waals surface area (Å²) < 4.78 is 0.951. The van der Waals surface area contributed by atoms with Gasteiger partial charge in [-0.15, -0.1) is 0 Å². The molecule has 0 aromatic heterocycles. The highest BCUT2D eigenvalue weighted by Gasteiger charge is 2.23. The molecule has 1 aliphatic heterocycles. The zero-order valence-corrected chi connectivity index (χ0v) is 14.8. The summed E-state index contributed by atoms with van der Waals surface area (Å²) >= 11 is 3.43. The van der Waals surface area contributed by atoms with Crippen molar-refractivity contribution in [1.82, 2.24) is 10.2 Å². The second kappa shape index (κ2) is 6.89. The van der Waals surface area contributed by atoms with Gasteiger partial charge in [-0.2, -0.15) is 0 Å². The number of rotatable bonds is 4. The van der Waals surface area contributed by atoms with Gasteiger partial charge < -0.3 is 10.4 Å². The summed E-state index contributed by atoms with van der Waals surface area (Å²) in [7, 11) is 0. The van der Waals surface area contributed by atoms with Crippen LogP contribution in [0.4, 0.5) is 0 Å². The molecular formula is C18H21BrN2O2. The van der Waals surface area contributed by atoms with Gasteiger partial charge in [0.05, 0.1) is 5.56 Å². The summed E-state index contributed by atoms with van der Waals surface area (Å²) in [4.78, 5) is 14.8. The number of fused-ring (bicyclic) bond motifs is 1. The summed E-state index contributed by atoms with van der Waals surface area (Å²) in [6, 6.07) is 9.57. The van der Waals surface area contributed by atoms with Crippen molar-refractivity contribution in [2.45, 2.75) is 25.8 Å². The van der Waals surface area contributed by atoms with E-state index in [1.807, 2.05) is 18.2 Å². The number of halogens is 1. The van der Waals surface area contributed by atoms with Gasteiger partial charge in [-0.3, -0.25) is 9.69 Å². The second-order valence-corrected chi connectivity index (χ2v) is 6.91. The number of hydrogen-bond donors (Lipinski definition) is 2. The summed E-state index contributed by atoms with van der Waals surface area (Å²) in [5, 5.41) is 15.0. The highest BCUT2D eigenvalue weighted by molar-refractivity contribution is 9.10. The lowest BCUT2D eigenvalue weighted by atomic mass is 10.1.